The van der Waals surface area contributed by atoms with Gasteiger partial charge in [-0.05, 0) is 29.8 Å². The van der Waals surface area contributed by atoms with E-state index in [1.54, 1.807) is 30.3 Å². The summed E-state index contributed by atoms with van der Waals surface area (Å²) < 4.78 is 4.70. The number of aromatic amines is 1. The molecule has 154 valence electrons. The fourth-order valence-electron chi connectivity index (χ4n) is 3.41. The Bertz CT molecular complexity index is 1180. The standard InChI is InChI=1S/C20H16Cl2N4O4/c1-30-18(27)9-26-16-7-12(21)3-2-10(16)4-14(20(26)29)25-19(28)13-5-11-6-17(22)23-8-15(11)24-13/h2-3,5-8,14,24H,4,9H2,1H3,(H,25,28). The normalized spacial score (nSPS) is 15.8. The first-order valence-corrected chi connectivity index (χ1v) is 9.73. The summed E-state index contributed by atoms with van der Waals surface area (Å²) in [6.07, 6.45) is 1.79. The highest BCUT2D eigenvalue weighted by Crippen LogP contribution is 2.31. The Balaban J connectivity index is 1.61. The lowest BCUT2D eigenvalue weighted by atomic mass is 9.97. The zero-order valence-corrected chi connectivity index (χ0v) is 17.3. The van der Waals surface area contributed by atoms with Gasteiger partial charge in [0.05, 0.1) is 18.8 Å². The molecular weight excluding hydrogens is 431 g/mol. The maximum absolute atomic E-state index is 13.1. The van der Waals surface area contributed by atoms with Crippen LogP contribution in [-0.2, 0) is 20.7 Å². The predicted octanol–water partition coefficient (Wildman–Crippen LogP) is 2.73. The third-order valence-corrected chi connectivity index (χ3v) is 5.30. The van der Waals surface area contributed by atoms with Crippen molar-refractivity contribution in [2.75, 3.05) is 18.6 Å². The SMILES string of the molecule is COC(=O)CN1C(=O)C(NC(=O)c2cc3cc(Cl)ncc3[nH]2)Cc2ccc(Cl)cc21. The van der Waals surface area contributed by atoms with E-state index in [0.29, 0.717) is 21.4 Å². The number of aromatic nitrogens is 2. The number of amides is 2. The largest absolute Gasteiger partial charge is 0.468 e. The molecule has 2 amide bonds. The van der Waals surface area contributed by atoms with E-state index in [2.05, 4.69) is 15.3 Å². The fourth-order valence-corrected chi connectivity index (χ4v) is 3.74. The number of hydrogen-bond donors (Lipinski definition) is 2. The van der Waals surface area contributed by atoms with Crippen LogP contribution in [0.5, 0.6) is 0 Å². The molecule has 8 nitrogen and oxygen atoms in total. The maximum Gasteiger partial charge on any atom is 0.325 e. The van der Waals surface area contributed by atoms with Crippen LogP contribution in [0.1, 0.15) is 16.1 Å². The molecule has 1 aliphatic rings. The number of hydrogen-bond acceptors (Lipinski definition) is 5. The zero-order chi connectivity index (χ0) is 21.4. The predicted molar refractivity (Wildman–Crippen MR) is 112 cm³/mol. The van der Waals surface area contributed by atoms with Crippen LogP contribution < -0.4 is 10.2 Å². The molecule has 1 atom stereocenters. The average molecular weight is 447 g/mol. The van der Waals surface area contributed by atoms with Gasteiger partial charge in [0.15, 0.2) is 0 Å². The van der Waals surface area contributed by atoms with Crippen molar-refractivity contribution in [1.29, 1.82) is 0 Å². The van der Waals surface area contributed by atoms with E-state index < -0.39 is 23.8 Å². The first-order valence-electron chi connectivity index (χ1n) is 8.97. The van der Waals surface area contributed by atoms with Crippen LogP contribution in [0.4, 0.5) is 5.69 Å². The fraction of sp³-hybridized carbons (Fsp3) is 0.200. The number of fused-ring (bicyclic) bond motifs is 2. The maximum atomic E-state index is 13.1. The van der Waals surface area contributed by atoms with Gasteiger partial charge in [-0.2, -0.15) is 0 Å². The molecule has 1 aromatic carbocycles. The van der Waals surface area contributed by atoms with Crippen LogP contribution in [0.15, 0.2) is 36.5 Å². The van der Waals surface area contributed by atoms with Crippen molar-refractivity contribution >= 4 is 57.6 Å². The highest BCUT2D eigenvalue weighted by molar-refractivity contribution is 6.31. The Hall–Kier alpha value is -3.10. The van der Waals surface area contributed by atoms with Crippen molar-refractivity contribution in [2.45, 2.75) is 12.5 Å². The number of benzene rings is 1. The highest BCUT2D eigenvalue weighted by atomic mass is 35.5. The molecule has 0 aliphatic carbocycles. The second-order valence-electron chi connectivity index (χ2n) is 6.78. The summed E-state index contributed by atoms with van der Waals surface area (Å²) in [6, 6.07) is 7.48. The molecule has 0 spiro atoms. The summed E-state index contributed by atoms with van der Waals surface area (Å²) in [5.41, 5.74) is 2.21. The number of anilines is 1. The molecule has 1 unspecified atom stereocenters. The first-order chi connectivity index (χ1) is 14.4. The van der Waals surface area contributed by atoms with Crippen LogP contribution in [0, 0.1) is 0 Å². The van der Waals surface area contributed by atoms with E-state index in [1.807, 2.05) is 0 Å². The molecule has 30 heavy (non-hydrogen) atoms. The molecule has 0 saturated heterocycles. The minimum atomic E-state index is -0.857. The average Bonchev–Trinajstić information content (AvgIpc) is 3.14. The molecule has 0 saturated carbocycles. The van der Waals surface area contributed by atoms with Crippen LogP contribution >= 0.6 is 23.2 Å². The smallest absolute Gasteiger partial charge is 0.325 e. The van der Waals surface area contributed by atoms with Crippen molar-refractivity contribution in [3.63, 3.8) is 0 Å². The van der Waals surface area contributed by atoms with Gasteiger partial charge in [-0.25, -0.2) is 4.98 Å². The van der Waals surface area contributed by atoms with Crippen LogP contribution in [-0.4, -0.2) is 47.4 Å². The molecule has 3 heterocycles. The second-order valence-corrected chi connectivity index (χ2v) is 7.60. The van der Waals surface area contributed by atoms with Crippen molar-refractivity contribution in [3.8, 4) is 0 Å². The number of nitrogens with one attached hydrogen (secondary N) is 2. The van der Waals surface area contributed by atoms with Gasteiger partial charge in [0.25, 0.3) is 5.91 Å². The monoisotopic (exact) mass is 446 g/mol. The Labute approximate surface area is 181 Å². The second kappa shape index (κ2) is 7.97. The van der Waals surface area contributed by atoms with Crippen molar-refractivity contribution in [1.82, 2.24) is 15.3 Å². The van der Waals surface area contributed by atoms with Gasteiger partial charge in [-0.15, -0.1) is 0 Å². The van der Waals surface area contributed by atoms with Gasteiger partial charge >= 0.3 is 5.97 Å². The van der Waals surface area contributed by atoms with E-state index in [4.69, 9.17) is 27.9 Å². The quantitative estimate of drug-likeness (QED) is 0.473. The van der Waals surface area contributed by atoms with Gasteiger partial charge in [0.1, 0.15) is 23.4 Å². The number of ether oxygens (including phenoxy) is 1. The Morgan fingerprint density at radius 3 is 2.87 bits per heavy atom. The molecule has 0 bridgehead atoms. The number of carbonyl (C=O) groups is 3. The molecule has 3 aromatic rings. The third kappa shape index (κ3) is 3.83. The van der Waals surface area contributed by atoms with Crippen molar-refractivity contribution in [3.05, 3.63) is 58.0 Å². The third-order valence-electron chi connectivity index (χ3n) is 4.86. The minimum Gasteiger partial charge on any atom is -0.468 e. The van der Waals surface area contributed by atoms with Crippen LogP contribution in [0.2, 0.25) is 10.2 Å². The number of carbonyl (C=O) groups excluding carboxylic acids is 3. The first kappa shape index (κ1) is 20.2. The minimum absolute atomic E-state index is 0.266. The highest BCUT2D eigenvalue weighted by Gasteiger charge is 2.35. The molecule has 4 rings (SSSR count). The van der Waals surface area contributed by atoms with Gasteiger partial charge in [0, 0.05) is 22.5 Å². The van der Waals surface area contributed by atoms with E-state index >= 15 is 0 Å². The summed E-state index contributed by atoms with van der Waals surface area (Å²) in [7, 11) is 1.24. The van der Waals surface area contributed by atoms with Gasteiger partial charge in [-0.1, -0.05) is 29.3 Å². The van der Waals surface area contributed by atoms with E-state index in [-0.39, 0.29) is 18.7 Å². The van der Waals surface area contributed by atoms with Crippen LogP contribution in [0.3, 0.4) is 0 Å². The lowest BCUT2D eigenvalue weighted by Gasteiger charge is -2.33. The summed E-state index contributed by atoms with van der Waals surface area (Å²) in [5, 5.41) is 4.21. The van der Waals surface area contributed by atoms with E-state index in [0.717, 1.165) is 10.9 Å². The summed E-state index contributed by atoms with van der Waals surface area (Å²) in [4.78, 5) is 45.9. The lowest BCUT2D eigenvalue weighted by Crippen LogP contribution is -2.54. The van der Waals surface area contributed by atoms with Gasteiger partial charge in [-0.3, -0.25) is 19.3 Å². The number of rotatable bonds is 4. The molecule has 1 aliphatic heterocycles. The van der Waals surface area contributed by atoms with Crippen molar-refractivity contribution in [2.24, 2.45) is 0 Å². The van der Waals surface area contributed by atoms with Crippen LogP contribution in [0.25, 0.3) is 10.9 Å². The summed E-state index contributed by atoms with van der Waals surface area (Å²) in [5.74, 6) is -1.47. The molecule has 0 fully saturated rings. The zero-order valence-electron chi connectivity index (χ0n) is 15.7. The summed E-state index contributed by atoms with van der Waals surface area (Å²) >= 11 is 12.0. The number of H-pyrrole nitrogens is 1. The van der Waals surface area contributed by atoms with Gasteiger partial charge in [0.2, 0.25) is 5.91 Å². The van der Waals surface area contributed by atoms with Gasteiger partial charge < -0.3 is 15.0 Å². The molecule has 0 radical (unpaired) electrons. The number of pyridine rings is 1. The Kier molecular flexibility index (Phi) is 5.36. The molecule has 2 N–H and O–H groups in total. The Morgan fingerprint density at radius 2 is 2.10 bits per heavy atom. The molecule has 10 heteroatoms. The number of nitrogens with zero attached hydrogens (tertiary/aromatic N) is 2. The van der Waals surface area contributed by atoms with E-state index in [1.165, 1.54) is 18.2 Å². The molecular formula is C20H16Cl2N4O4. The van der Waals surface area contributed by atoms with E-state index in [9.17, 15) is 14.4 Å². The van der Waals surface area contributed by atoms with Crippen molar-refractivity contribution < 1.29 is 19.1 Å². The topological polar surface area (TPSA) is 104 Å². The number of halogens is 2. The summed E-state index contributed by atoms with van der Waals surface area (Å²) in [6.45, 7) is -0.286. The molecule has 2 aromatic heterocycles. The number of methoxy groups -OCH3 is 1. The Morgan fingerprint density at radius 1 is 1.30 bits per heavy atom. The lowest BCUT2D eigenvalue weighted by molar-refractivity contribution is -0.140. The number of esters is 1.